The number of fused-ring (bicyclic) bond motifs is 2. The summed E-state index contributed by atoms with van der Waals surface area (Å²) < 4.78 is 13.8. The SMILES string of the molecule is C=C1NC(=O)N(Cc2ccc(I)cc2)c2nc(CSc3nc4cc(C(=O)OC)ccc4o3)n(CC)c21. The molecule has 2 aromatic carbocycles. The Kier molecular flexibility index (Phi) is 6.75. The molecule has 0 fully saturated rings. The van der Waals surface area contributed by atoms with Crippen molar-refractivity contribution in [3.63, 3.8) is 0 Å². The molecule has 1 aliphatic rings. The minimum Gasteiger partial charge on any atom is -0.465 e. The van der Waals surface area contributed by atoms with E-state index in [0.717, 1.165) is 20.7 Å². The van der Waals surface area contributed by atoms with E-state index >= 15 is 0 Å². The molecule has 0 spiro atoms. The highest BCUT2D eigenvalue weighted by molar-refractivity contribution is 14.1. The van der Waals surface area contributed by atoms with E-state index in [4.69, 9.17) is 14.1 Å². The van der Waals surface area contributed by atoms with Crippen LogP contribution in [0.15, 0.2) is 58.7 Å². The van der Waals surface area contributed by atoms with E-state index in [1.165, 1.54) is 18.9 Å². The topological polar surface area (TPSA) is 102 Å². The van der Waals surface area contributed by atoms with E-state index < -0.39 is 5.97 Å². The third-order valence-corrected chi connectivity index (χ3v) is 7.30. The van der Waals surface area contributed by atoms with E-state index in [0.29, 0.717) is 52.2 Å². The zero-order valence-electron chi connectivity index (χ0n) is 19.6. The van der Waals surface area contributed by atoms with Crippen molar-refractivity contribution in [1.82, 2.24) is 19.9 Å². The van der Waals surface area contributed by atoms with Crippen LogP contribution in [0, 0.1) is 3.57 Å². The van der Waals surface area contributed by atoms with Crippen molar-refractivity contribution in [3.05, 3.63) is 75.3 Å². The predicted molar refractivity (Wildman–Crippen MR) is 146 cm³/mol. The molecule has 0 aliphatic carbocycles. The number of amides is 2. The summed E-state index contributed by atoms with van der Waals surface area (Å²) >= 11 is 3.64. The second-order valence-corrected chi connectivity index (χ2v) is 10.2. The fraction of sp³-hybridized carbons (Fsp3) is 0.200. The maximum atomic E-state index is 12.9. The molecule has 11 heteroatoms. The number of halogens is 1. The highest BCUT2D eigenvalue weighted by Gasteiger charge is 2.32. The second-order valence-electron chi connectivity index (χ2n) is 8.01. The molecule has 0 bridgehead atoms. The Morgan fingerprint density at radius 1 is 1.22 bits per heavy atom. The second kappa shape index (κ2) is 9.97. The quantitative estimate of drug-likeness (QED) is 0.168. The number of hydrogen-bond acceptors (Lipinski definition) is 7. The summed E-state index contributed by atoms with van der Waals surface area (Å²) in [6.07, 6.45) is 0. The van der Waals surface area contributed by atoms with Gasteiger partial charge in [-0.05, 0) is 65.4 Å². The van der Waals surface area contributed by atoms with Crippen molar-refractivity contribution in [1.29, 1.82) is 0 Å². The molecule has 5 rings (SSSR count). The summed E-state index contributed by atoms with van der Waals surface area (Å²) in [6.45, 7) is 7.13. The molecule has 2 amide bonds. The number of urea groups is 1. The largest absolute Gasteiger partial charge is 0.465 e. The van der Waals surface area contributed by atoms with Crippen LogP contribution < -0.4 is 10.2 Å². The monoisotopic (exact) mass is 615 g/mol. The number of hydrogen-bond donors (Lipinski definition) is 1. The van der Waals surface area contributed by atoms with E-state index in [9.17, 15) is 9.59 Å². The molecular weight excluding hydrogens is 593 g/mol. The van der Waals surface area contributed by atoms with Crippen molar-refractivity contribution < 1.29 is 18.7 Å². The van der Waals surface area contributed by atoms with Crippen LogP contribution in [-0.4, -0.2) is 33.6 Å². The molecule has 0 radical (unpaired) electrons. The summed E-state index contributed by atoms with van der Waals surface area (Å²) in [5, 5.41) is 3.33. The van der Waals surface area contributed by atoms with Crippen LogP contribution >= 0.6 is 34.4 Å². The number of carbonyl (C=O) groups is 2. The van der Waals surface area contributed by atoms with E-state index in [1.54, 1.807) is 23.1 Å². The van der Waals surface area contributed by atoms with E-state index in [-0.39, 0.29) is 6.03 Å². The molecule has 0 atom stereocenters. The van der Waals surface area contributed by atoms with Gasteiger partial charge >= 0.3 is 12.0 Å². The summed E-state index contributed by atoms with van der Waals surface area (Å²) in [4.78, 5) is 35.7. The van der Waals surface area contributed by atoms with Crippen LogP contribution in [0.3, 0.4) is 0 Å². The number of carbonyl (C=O) groups excluding carboxylic acids is 2. The molecule has 36 heavy (non-hydrogen) atoms. The third-order valence-electron chi connectivity index (χ3n) is 5.76. The number of thioether (sulfide) groups is 1. The number of nitrogens with zero attached hydrogens (tertiary/aromatic N) is 4. The van der Waals surface area contributed by atoms with Gasteiger partial charge in [0.15, 0.2) is 11.4 Å². The van der Waals surface area contributed by atoms with Gasteiger partial charge in [0.1, 0.15) is 17.0 Å². The number of imidazole rings is 1. The van der Waals surface area contributed by atoms with Crippen molar-refractivity contribution in [2.45, 2.75) is 31.0 Å². The lowest BCUT2D eigenvalue weighted by atomic mass is 10.2. The van der Waals surface area contributed by atoms with Gasteiger partial charge in [-0.3, -0.25) is 4.90 Å². The zero-order chi connectivity index (χ0) is 25.4. The van der Waals surface area contributed by atoms with Gasteiger partial charge in [-0.25, -0.2) is 19.6 Å². The smallest absolute Gasteiger partial charge is 0.337 e. The minimum absolute atomic E-state index is 0.258. The molecule has 2 aromatic heterocycles. The minimum atomic E-state index is -0.428. The highest BCUT2D eigenvalue weighted by Crippen LogP contribution is 2.34. The predicted octanol–water partition coefficient (Wildman–Crippen LogP) is 5.43. The lowest BCUT2D eigenvalue weighted by Crippen LogP contribution is -2.43. The maximum absolute atomic E-state index is 12.9. The van der Waals surface area contributed by atoms with Crippen LogP contribution in [0.5, 0.6) is 0 Å². The van der Waals surface area contributed by atoms with Crippen LogP contribution in [0.2, 0.25) is 0 Å². The lowest BCUT2D eigenvalue weighted by Gasteiger charge is -2.28. The number of rotatable bonds is 7. The number of nitrogens with one attached hydrogen (secondary N) is 1. The summed E-state index contributed by atoms with van der Waals surface area (Å²) in [5.74, 6) is 1.40. The molecule has 3 heterocycles. The summed E-state index contributed by atoms with van der Waals surface area (Å²) in [7, 11) is 1.34. The molecule has 0 unspecified atom stereocenters. The van der Waals surface area contributed by atoms with Gasteiger partial charge in [-0.15, -0.1) is 0 Å². The number of benzene rings is 2. The van der Waals surface area contributed by atoms with Crippen molar-refractivity contribution >= 4 is 69.0 Å². The normalized spacial score (nSPS) is 13.1. The average molecular weight is 615 g/mol. The average Bonchev–Trinajstić information content (AvgIpc) is 3.46. The number of aromatic nitrogens is 3. The Morgan fingerprint density at radius 3 is 2.72 bits per heavy atom. The Balaban J connectivity index is 1.42. The number of oxazole rings is 1. The first-order valence-electron chi connectivity index (χ1n) is 11.1. The van der Waals surface area contributed by atoms with Crippen molar-refractivity contribution in [2.75, 3.05) is 12.0 Å². The Labute approximate surface area is 225 Å². The number of methoxy groups -OCH3 is 1. The van der Waals surface area contributed by atoms with Gasteiger partial charge < -0.3 is 19.0 Å². The van der Waals surface area contributed by atoms with Crippen LogP contribution in [0.4, 0.5) is 10.6 Å². The molecule has 1 N–H and O–H groups in total. The molecule has 0 saturated heterocycles. The van der Waals surface area contributed by atoms with Crippen LogP contribution in [0.25, 0.3) is 16.8 Å². The highest BCUT2D eigenvalue weighted by atomic mass is 127. The third kappa shape index (κ3) is 4.60. The van der Waals surface area contributed by atoms with Crippen molar-refractivity contribution in [2.24, 2.45) is 0 Å². The van der Waals surface area contributed by atoms with Gasteiger partial charge in [0.25, 0.3) is 5.22 Å². The van der Waals surface area contributed by atoms with Gasteiger partial charge in [0, 0.05) is 10.1 Å². The number of anilines is 1. The zero-order valence-corrected chi connectivity index (χ0v) is 22.6. The van der Waals surface area contributed by atoms with E-state index in [1.807, 2.05) is 35.8 Å². The number of ether oxygens (including phenoxy) is 1. The molecule has 4 aromatic rings. The molecule has 0 saturated carbocycles. The van der Waals surface area contributed by atoms with E-state index in [2.05, 4.69) is 39.5 Å². The Morgan fingerprint density at radius 2 is 2.00 bits per heavy atom. The number of esters is 1. The molecule has 184 valence electrons. The fourth-order valence-electron chi connectivity index (χ4n) is 4.03. The van der Waals surface area contributed by atoms with Gasteiger partial charge in [0.05, 0.1) is 30.7 Å². The van der Waals surface area contributed by atoms with Gasteiger partial charge in [-0.2, -0.15) is 0 Å². The van der Waals surface area contributed by atoms with Gasteiger partial charge in [-0.1, -0.05) is 30.5 Å². The molecule has 9 nitrogen and oxygen atoms in total. The summed E-state index contributed by atoms with van der Waals surface area (Å²) in [5.41, 5.74) is 3.88. The maximum Gasteiger partial charge on any atom is 0.337 e. The molecular formula is C25H22IN5O4S. The fourth-order valence-corrected chi connectivity index (χ4v) is 5.18. The first-order chi connectivity index (χ1) is 17.4. The lowest BCUT2D eigenvalue weighted by molar-refractivity contribution is 0.0601. The van der Waals surface area contributed by atoms with Crippen molar-refractivity contribution in [3.8, 4) is 0 Å². The standard InChI is InChI=1S/C25H22IN5O4S/c1-4-30-20(13-36-25-28-18-11-16(23(32)34-3)7-10-19(18)35-25)29-22-21(30)14(2)27-24(33)31(22)12-15-5-8-17(26)9-6-15/h5-11H,2,4,12-13H2,1,3H3,(H,27,33). The molecule has 1 aliphatic heterocycles. The van der Waals surface area contributed by atoms with Crippen LogP contribution in [-0.2, 0) is 23.6 Å². The first-order valence-corrected chi connectivity index (χ1v) is 13.2. The summed E-state index contributed by atoms with van der Waals surface area (Å²) in [6, 6.07) is 12.8. The van der Waals surface area contributed by atoms with Crippen LogP contribution in [0.1, 0.15) is 34.4 Å². The Bertz CT molecular complexity index is 1490. The first kappa shape index (κ1) is 24.4. The Hall–Kier alpha value is -3.32. The van der Waals surface area contributed by atoms with Gasteiger partial charge in [0.2, 0.25) is 0 Å².